The van der Waals surface area contributed by atoms with Gasteiger partial charge in [-0.1, -0.05) is 42.5 Å². The molecule has 0 spiro atoms. The van der Waals surface area contributed by atoms with Gasteiger partial charge in [0.05, 0.1) is 5.69 Å². The Labute approximate surface area is 130 Å². The minimum Gasteiger partial charge on any atom is -0.423 e. The molecule has 1 heterocycles. The molecule has 0 bridgehead atoms. The molecule has 0 saturated heterocycles. The van der Waals surface area contributed by atoms with E-state index in [9.17, 15) is 10.0 Å². The molecule has 0 aliphatic carbocycles. The molecule has 4 heteroatoms. The molecule has 108 valence electrons. The van der Waals surface area contributed by atoms with Crippen molar-refractivity contribution in [3.05, 3.63) is 72.4 Å². The van der Waals surface area contributed by atoms with Crippen LogP contribution in [0.15, 0.2) is 66.9 Å². The third kappa shape index (κ3) is 2.93. The fraction of sp³-hybridized carbons (Fsp3) is 0.0556. The molecular formula is C18H16BNO2. The second-order valence-corrected chi connectivity index (χ2v) is 5.24. The van der Waals surface area contributed by atoms with Gasteiger partial charge in [-0.3, -0.25) is 4.98 Å². The van der Waals surface area contributed by atoms with Gasteiger partial charge in [0, 0.05) is 11.8 Å². The highest BCUT2D eigenvalue weighted by atomic mass is 16.4. The van der Waals surface area contributed by atoms with E-state index in [1.165, 1.54) is 0 Å². The number of nitrogens with zero attached hydrogens (tertiary/aromatic N) is 1. The number of pyridine rings is 1. The first-order valence-electron chi connectivity index (χ1n) is 7.13. The van der Waals surface area contributed by atoms with Crippen molar-refractivity contribution in [1.82, 2.24) is 4.98 Å². The summed E-state index contributed by atoms with van der Waals surface area (Å²) in [5.74, 6) is 0. The van der Waals surface area contributed by atoms with Crippen LogP contribution >= 0.6 is 0 Å². The van der Waals surface area contributed by atoms with E-state index >= 15 is 0 Å². The first-order chi connectivity index (χ1) is 10.6. The van der Waals surface area contributed by atoms with Gasteiger partial charge in [0.15, 0.2) is 0 Å². The molecule has 0 radical (unpaired) electrons. The molecule has 0 fully saturated rings. The fourth-order valence-electron chi connectivity index (χ4n) is 2.49. The number of hydrogen-bond donors (Lipinski definition) is 2. The van der Waals surface area contributed by atoms with Crippen LogP contribution in [0.3, 0.4) is 0 Å². The molecule has 0 amide bonds. The standard InChI is InChI=1S/C18H16BNO2/c1-13-8-9-15(18-7-2-3-10-20-18)12-17(13)14-5-4-6-16(11-14)19(21)22/h2-12,21-22H,1H3. The van der Waals surface area contributed by atoms with E-state index in [-0.39, 0.29) is 0 Å². The molecule has 3 aromatic rings. The number of aromatic nitrogens is 1. The van der Waals surface area contributed by atoms with Crippen LogP contribution in [0.5, 0.6) is 0 Å². The molecule has 0 unspecified atom stereocenters. The van der Waals surface area contributed by atoms with Gasteiger partial charge in [-0.2, -0.15) is 0 Å². The predicted octanol–water partition coefficient (Wildman–Crippen LogP) is 2.40. The average Bonchev–Trinajstić information content (AvgIpc) is 2.56. The molecular weight excluding hydrogens is 273 g/mol. The monoisotopic (exact) mass is 289 g/mol. The van der Waals surface area contributed by atoms with Crippen molar-refractivity contribution in [2.24, 2.45) is 0 Å². The normalized spacial score (nSPS) is 10.5. The molecule has 3 rings (SSSR count). The van der Waals surface area contributed by atoms with Crippen molar-refractivity contribution in [3.8, 4) is 22.4 Å². The number of benzene rings is 2. The van der Waals surface area contributed by atoms with Crippen LogP contribution < -0.4 is 5.46 Å². The van der Waals surface area contributed by atoms with Gasteiger partial charge in [-0.05, 0) is 47.3 Å². The van der Waals surface area contributed by atoms with Crippen molar-refractivity contribution in [1.29, 1.82) is 0 Å². The Morgan fingerprint density at radius 1 is 0.864 bits per heavy atom. The molecule has 0 aliphatic rings. The molecule has 2 N–H and O–H groups in total. The Bertz CT molecular complexity index is 788. The zero-order chi connectivity index (χ0) is 15.5. The van der Waals surface area contributed by atoms with Gasteiger partial charge in [0.2, 0.25) is 0 Å². The topological polar surface area (TPSA) is 53.4 Å². The number of aryl methyl sites for hydroxylation is 1. The first-order valence-corrected chi connectivity index (χ1v) is 7.13. The van der Waals surface area contributed by atoms with E-state index in [2.05, 4.69) is 17.1 Å². The van der Waals surface area contributed by atoms with Gasteiger partial charge in [-0.15, -0.1) is 0 Å². The van der Waals surface area contributed by atoms with Crippen LogP contribution in [0.1, 0.15) is 5.56 Å². The van der Waals surface area contributed by atoms with Crippen molar-refractivity contribution in [2.75, 3.05) is 0 Å². The zero-order valence-corrected chi connectivity index (χ0v) is 12.3. The fourth-order valence-corrected chi connectivity index (χ4v) is 2.49. The van der Waals surface area contributed by atoms with E-state index in [4.69, 9.17) is 0 Å². The van der Waals surface area contributed by atoms with E-state index in [0.29, 0.717) is 5.46 Å². The summed E-state index contributed by atoms with van der Waals surface area (Å²) in [4.78, 5) is 4.38. The van der Waals surface area contributed by atoms with Crippen molar-refractivity contribution in [3.63, 3.8) is 0 Å². The third-order valence-electron chi connectivity index (χ3n) is 3.69. The molecule has 22 heavy (non-hydrogen) atoms. The summed E-state index contributed by atoms with van der Waals surface area (Å²) >= 11 is 0. The average molecular weight is 289 g/mol. The van der Waals surface area contributed by atoms with Gasteiger partial charge >= 0.3 is 7.12 Å². The highest BCUT2D eigenvalue weighted by molar-refractivity contribution is 6.58. The summed E-state index contributed by atoms with van der Waals surface area (Å²) in [5, 5.41) is 18.7. The Kier molecular flexibility index (Phi) is 4.05. The van der Waals surface area contributed by atoms with E-state index < -0.39 is 7.12 Å². The molecule has 0 saturated carbocycles. The summed E-state index contributed by atoms with van der Waals surface area (Å²) < 4.78 is 0. The Hall–Kier alpha value is -2.43. The van der Waals surface area contributed by atoms with E-state index in [0.717, 1.165) is 27.9 Å². The Balaban J connectivity index is 2.09. The Morgan fingerprint density at radius 3 is 2.45 bits per heavy atom. The van der Waals surface area contributed by atoms with E-state index in [1.54, 1.807) is 18.3 Å². The zero-order valence-electron chi connectivity index (χ0n) is 12.3. The smallest absolute Gasteiger partial charge is 0.423 e. The predicted molar refractivity (Wildman–Crippen MR) is 89.7 cm³/mol. The number of hydrogen-bond acceptors (Lipinski definition) is 3. The van der Waals surface area contributed by atoms with E-state index in [1.807, 2.05) is 43.3 Å². The molecule has 0 aliphatic heterocycles. The summed E-state index contributed by atoms with van der Waals surface area (Å²) in [6.07, 6.45) is 1.78. The largest absolute Gasteiger partial charge is 0.488 e. The lowest BCUT2D eigenvalue weighted by Gasteiger charge is -2.10. The van der Waals surface area contributed by atoms with Gasteiger partial charge in [-0.25, -0.2) is 0 Å². The van der Waals surface area contributed by atoms with Gasteiger partial charge in [0.1, 0.15) is 0 Å². The lowest BCUT2D eigenvalue weighted by Crippen LogP contribution is -2.29. The maximum atomic E-state index is 9.34. The highest BCUT2D eigenvalue weighted by Crippen LogP contribution is 2.28. The second-order valence-electron chi connectivity index (χ2n) is 5.24. The second kappa shape index (κ2) is 6.14. The molecule has 2 aromatic carbocycles. The first kappa shape index (κ1) is 14.5. The summed E-state index contributed by atoms with van der Waals surface area (Å²) in [6.45, 7) is 2.04. The lowest BCUT2D eigenvalue weighted by atomic mass is 9.79. The van der Waals surface area contributed by atoms with Crippen LogP contribution in [-0.4, -0.2) is 22.2 Å². The van der Waals surface area contributed by atoms with Crippen molar-refractivity contribution < 1.29 is 10.0 Å². The number of rotatable bonds is 3. The molecule has 1 aromatic heterocycles. The summed E-state index contributed by atoms with van der Waals surface area (Å²) in [7, 11) is -1.46. The van der Waals surface area contributed by atoms with Gasteiger partial charge < -0.3 is 10.0 Å². The maximum absolute atomic E-state index is 9.34. The highest BCUT2D eigenvalue weighted by Gasteiger charge is 2.12. The minimum absolute atomic E-state index is 0.486. The third-order valence-corrected chi connectivity index (χ3v) is 3.69. The summed E-state index contributed by atoms with van der Waals surface area (Å²) in [5.41, 5.74) is 5.59. The summed E-state index contributed by atoms with van der Waals surface area (Å²) in [6, 6.07) is 19.3. The molecule has 0 atom stereocenters. The lowest BCUT2D eigenvalue weighted by molar-refractivity contribution is 0.426. The van der Waals surface area contributed by atoms with Crippen LogP contribution in [0.4, 0.5) is 0 Å². The molecule has 3 nitrogen and oxygen atoms in total. The quantitative estimate of drug-likeness (QED) is 0.728. The van der Waals surface area contributed by atoms with Crippen molar-refractivity contribution >= 4 is 12.6 Å². The van der Waals surface area contributed by atoms with Gasteiger partial charge in [0.25, 0.3) is 0 Å². The maximum Gasteiger partial charge on any atom is 0.488 e. The minimum atomic E-state index is -1.46. The Morgan fingerprint density at radius 2 is 1.73 bits per heavy atom. The van der Waals surface area contributed by atoms with Crippen LogP contribution in [0.2, 0.25) is 0 Å². The van der Waals surface area contributed by atoms with Crippen LogP contribution in [-0.2, 0) is 0 Å². The van der Waals surface area contributed by atoms with Crippen LogP contribution in [0.25, 0.3) is 22.4 Å². The SMILES string of the molecule is Cc1ccc(-c2ccccn2)cc1-c1cccc(B(O)O)c1. The van der Waals surface area contributed by atoms with Crippen LogP contribution in [0, 0.1) is 6.92 Å². The van der Waals surface area contributed by atoms with Crippen molar-refractivity contribution in [2.45, 2.75) is 6.92 Å².